The van der Waals surface area contributed by atoms with Crippen LogP contribution in [0.2, 0.25) is 0 Å². The van der Waals surface area contributed by atoms with Gasteiger partial charge in [-0.05, 0) is 18.4 Å². The second-order valence-corrected chi connectivity index (χ2v) is 4.50. The van der Waals surface area contributed by atoms with Crippen molar-refractivity contribution >= 4 is 0 Å². The highest BCUT2D eigenvalue weighted by Gasteiger charge is 2.10. The Morgan fingerprint density at radius 1 is 1.35 bits per heavy atom. The fourth-order valence-corrected chi connectivity index (χ4v) is 1.74. The van der Waals surface area contributed by atoms with Gasteiger partial charge in [0.25, 0.3) is 0 Å². The molecule has 1 unspecified atom stereocenters. The standard InChI is InChI=1S/C14H20N2O/c1-11(2)8-13(9-15)16-10-12-6-4-5-7-14(12)17-3/h4-7,11,13,16H,8,10H2,1-3H3. The number of rotatable bonds is 6. The van der Waals surface area contributed by atoms with Crippen LogP contribution in [0.25, 0.3) is 0 Å². The third-order valence-corrected chi connectivity index (χ3v) is 2.59. The third-order valence-electron chi connectivity index (χ3n) is 2.59. The number of para-hydroxylation sites is 1. The first-order valence-corrected chi connectivity index (χ1v) is 5.92. The van der Waals surface area contributed by atoms with Gasteiger partial charge in [-0.2, -0.15) is 5.26 Å². The minimum atomic E-state index is -0.0973. The van der Waals surface area contributed by atoms with Gasteiger partial charge in [-0.1, -0.05) is 32.0 Å². The zero-order valence-electron chi connectivity index (χ0n) is 10.7. The van der Waals surface area contributed by atoms with Gasteiger partial charge in [-0.3, -0.25) is 5.32 Å². The number of nitriles is 1. The first-order valence-electron chi connectivity index (χ1n) is 5.92. The number of nitrogens with one attached hydrogen (secondary N) is 1. The summed E-state index contributed by atoms with van der Waals surface area (Å²) in [6, 6.07) is 10.1. The largest absolute Gasteiger partial charge is 0.496 e. The Morgan fingerprint density at radius 2 is 2.06 bits per heavy atom. The van der Waals surface area contributed by atoms with Crippen molar-refractivity contribution in [3.05, 3.63) is 29.8 Å². The summed E-state index contributed by atoms with van der Waals surface area (Å²) in [4.78, 5) is 0. The van der Waals surface area contributed by atoms with Gasteiger partial charge in [0, 0.05) is 12.1 Å². The molecule has 1 atom stereocenters. The molecular formula is C14H20N2O. The van der Waals surface area contributed by atoms with Gasteiger partial charge < -0.3 is 4.74 Å². The van der Waals surface area contributed by atoms with Crippen LogP contribution in [0.5, 0.6) is 5.75 Å². The predicted octanol–water partition coefficient (Wildman–Crippen LogP) is 2.72. The van der Waals surface area contributed by atoms with E-state index in [-0.39, 0.29) is 6.04 Å². The summed E-state index contributed by atoms with van der Waals surface area (Å²) in [5.41, 5.74) is 1.08. The number of benzene rings is 1. The Balaban J connectivity index is 2.57. The maximum atomic E-state index is 9.04. The van der Waals surface area contributed by atoms with Crippen LogP contribution in [0, 0.1) is 17.2 Å². The van der Waals surface area contributed by atoms with Gasteiger partial charge in [0.2, 0.25) is 0 Å². The minimum absolute atomic E-state index is 0.0973. The van der Waals surface area contributed by atoms with Crippen molar-refractivity contribution in [3.8, 4) is 11.8 Å². The van der Waals surface area contributed by atoms with Crippen LogP contribution in [0.15, 0.2) is 24.3 Å². The van der Waals surface area contributed by atoms with Crippen molar-refractivity contribution in [3.63, 3.8) is 0 Å². The second kappa shape index (κ2) is 6.93. The van der Waals surface area contributed by atoms with E-state index >= 15 is 0 Å². The van der Waals surface area contributed by atoms with Crippen LogP contribution in [0.4, 0.5) is 0 Å². The molecular weight excluding hydrogens is 212 g/mol. The number of nitrogens with zero attached hydrogens (tertiary/aromatic N) is 1. The SMILES string of the molecule is COc1ccccc1CNC(C#N)CC(C)C. The van der Waals surface area contributed by atoms with Crippen molar-refractivity contribution in [2.24, 2.45) is 5.92 Å². The Bertz CT molecular complexity index is 382. The maximum absolute atomic E-state index is 9.04. The van der Waals surface area contributed by atoms with Gasteiger partial charge in [0.05, 0.1) is 19.2 Å². The van der Waals surface area contributed by atoms with Gasteiger partial charge in [-0.15, -0.1) is 0 Å². The first kappa shape index (κ1) is 13.5. The molecule has 1 aromatic rings. The van der Waals surface area contributed by atoms with E-state index in [1.165, 1.54) is 0 Å². The monoisotopic (exact) mass is 232 g/mol. The zero-order chi connectivity index (χ0) is 12.7. The molecule has 0 saturated heterocycles. The van der Waals surface area contributed by atoms with E-state index in [2.05, 4.69) is 25.2 Å². The zero-order valence-corrected chi connectivity index (χ0v) is 10.7. The Morgan fingerprint density at radius 3 is 2.65 bits per heavy atom. The average Bonchev–Trinajstić information content (AvgIpc) is 2.34. The molecule has 1 N–H and O–H groups in total. The number of ether oxygens (including phenoxy) is 1. The lowest BCUT2D eigenvalue weighted by molar-refractivity contribution is 0.404. The lowest BCUT2D eigenvalue weighted by atomic mass is 10.0. The van der Waals surface area contributed by atoms with Crippen molar-refractivity contribution in [1.29, 1.82) is 5.26 Å². The molecule has 0 aliphatic rings. The molecule has 0 aromatic heterocycles. The summed E-state index contributed by atoms with van der Waals surface area (Å²) >= 11 is 0. The van der Waals surface area contributed by atoms with E-state index in [1.807, 2.05) is 24.3 Å². The van der Waals surface area contributed by atoms with Crippen LogP contribution in [0.3, 0.4) is 0 Å². The van der Waals surface area contributed by atoms with Crippen LogP contribution in [0.1, 0.15) is 25.8 Å². The van der Waals surface area contributed by atoms with Crippen molar-refractivity contribution in [1.82, 2.24) is 5.32 Å². The highest BCUT2D eigenvalue weighted by atomic mass is 16.5. The molecule has 0 amide bonds. The van der Waals surface area contributed by atoms with E-state index in [9.17, 15) is 0 Å². The topological polar surface area (TPSA) is 45.0 Å². The summed E-state index contributed by atoms with van der Waals surface area (Å²) in [5, 5.41) is 12.3. The fourth-order valence-electron chi connectivity index (χ4n) is 1.74. The molecule has 0 heterocycles. The van der Waals surface area contributed by atoms with E-state index in [0.29, 0.717) is 12.5 Å². The summed E-state index contributed by atoms with van der Waals surface area (Å²) in [5.74, 6) is 1.38. The van der Waals surface area contributed by atoms with Gasteiger partial charge in [-0.25, -0.2) is 0 Å². The molecule has 3 heteroatoms. The normalized spacial score (nSPS) is 12.2. The summed E-state index contributed by atoms with van der Waals surface area (Å²) in [6.45, 7) is 4.90. The van der Waals surface area contributed by atoms with Gasteiger partial charge in [0.1, 0.15) is 5.75 Å². The first-order chi connectivity index (χ1) is 8.17. The van der Waals surface area contributed by atoms with Crippen molar-refractivity contribution in [2.45, 2.75) is 32.9 Å². The van der Waals surface area contributed by atoms with Gasteiger partial charge >= 0.3 is 0 Å². The van der Waals surface area contributed by atoms with Crippen LogP contribution < -0.4 is 10.1 Å². The molecule has 1 rings (SSSR count). The van der Waals surface area contributed by atoms with E-state index in [4.69, 9.17) is 10.00 Å². The summed E-state index contributed by atoms with van der Waals surface area (Å²) in [6.07, 6.45) is 0.867. The quantitative estimate of drug-likeness (QED) is 0.820. The fraction of sp³-hybridized carbons (Fsp3) is 0.500. The van der Waals surface area contributed by atoms with Crippen molar-refractivity contribution < 1.29 is 4.74 Å². The van der Waals surface area contributed by atoms with Crippen LogP contribution >= 0.6 is 0 Å². The van der Waals surface area contributed by atoms with Crippen LogP contribution in [-0.2, 0) is 6.54 Å². The molecule has 3 nitrogen and oxygen atoms in total. The molecule has 1 aromatic carbocycles. The van der Waals surface area contributed by atoms with E-state index < -0.39 is 0 Å². The number of hydrogen-bond donors (Lipinski definition) is 1. The lowest BCUT2D eigenvalue weighted by Crippen LogP contribution is -2.28. The Hall–Kier alpha value is -1.53. The highest BCUT2D eigenvalue weighted by Crippen LogP contribution is 2.17. The van der Waals surface area contributed by atoms with Gasteiger partial charge in [0.15, 0.2) is 0 Å². The Kier molecular flexibility index (Phi) is 5.51. The molecule has 0 saturated carbocycles. The predicted molar refractivity (Wildman–Crippen MR) is 68.7 cm³/mol. The number of methoxy groups -OCH3 is 1. The van der Waals surface area contributed by atoms with E-state index in [0.717, 1.165) is 17.7 Å². The number of hydrogen-bond acceptors (Lipinski definition) is 3. The van der Waals surface area contributed by atoms with E-state index in [1.54, 1.807) is 7.11 Å². The highest BCUT2D eigenvalue weighted by molar-refractivity contribution is 5.33. The molecule has 0 bridgehead atoms. The molecule has 17 heavy (non-hydrogen) atoms. The molecule has 0 aliphatic carbocycles. The minimum Gasteiger partial charge on any atom is -0.496 e. The van der Waals surface area contributed by atoms with Crippen LogP contribution in [-0.4, -0.2) is 13.2 Å². The molecule has 92 valence electrons. The van der Waals surface area contributed by atoms with Crippen molar-refractivity contribution in [2.75, 3.05) is 7.11 Å². The average molecular weight is 232 g/mol. The molecule has 0 aliphatic heterocycles. The lowest BCUT2D eigenvalue weighted by Gasteiger charge is -2.15. The summed E-state index contributed by atoms with van der Waals surface area (Å²) < 4.78 is 5.27. The maximum Gasteiger partial charge on any atom is 0.123 e. The Labute approximate surface area is 103 Å². The summed E-state index contributed by atoms with van der Waals surface area (Å²) in [7, 11) is 1.66. The molecule has 0 fully saturated rings. The molecule has 0 spiro atoms. The smallest absolute Gasteiger partial charge is 0.123 e. The molecule has 0 radical (unpaired) electrons. The third kappa shape index (κ3) is 4.46. The second-order valence-electron chi connectivity index (χ2n) is 4.50.